The van der Waals surface area contributed by atoms with Gasteiger partial charge in [0.2, 0.25) is 5.91 Å². The molecule has 1 aromatic carbocycles. The first-order valence-electron chi connectivity index (χ1n) is 8.15. The van der Waals surface area contributed by atoms with Gasteiger partial charge in [-0.05, 0) is 41.7 Å². The summed E-state index contributed by atoms with van der Waals surface area (Å²) in [6, 6.07) is 11.7. The van der Waals surface area contributed by atoms with Crippen molar-refractivity contribution in [3.05, 3.63) is 59.9 Å². The van der Waals surface area contributed by atoms with Gasteiger partial charge in [0.1, 0.15) is 5.75 Å². The SMILES string of the molecule is COc1cccc(C2CC2C(=O)N(CCO)Cc2cccnc2)c1. The maximum atomic E-state index is 12.8. The van der Waals surface area contributed by atoms with E-state index < -0.39 is 0 Å². The van der Waals surface area contributed by atoms with Crippen LogP contribution in [-0.2, 0) is 11.3 Å². The van der Waals surface area contributed by atoms with Gasteiger partial charge in [0.15, 0.2) is 0 Å². The molecule has 24 heavy (non-hydrogen) atoms. The molecule has 1 aliphatic carbocycles. The fraction of sp³-hybridized carbons (Fsp3) is 0.368. The van der Waals surface area contributed by atoms with Crippen molar-refractivity contribution in [1.29, 1.82) is 0 Å². The van der Waals surface area contributed by atoms with Crippen molar-refractivity contribution in [3.8, 4) is 5.75 Å². The highest BCUT2D eigenvalue weighted by atomic mass is 16.5. The fourth-order valence-electron chi connectivity index (χ4n) is 3.04. The van der Waals surface area contributed by atoms with Gasteiger partial charge < -0.3 is 14.7 Å². The van der Waals surface area contributed by atoms with Crippen LogP contribution in [0.4, 0.5) is 0 Å². The van der Waals surface area contributed by atoms with Crippen molar-refractivity contribution < 1.29 is 14.6 Å². The van der Waals surface area contributed by atoms with Gasteiger partial charge in [0, 0.05) is 31.4 Å². The third kappa shape index (κ3) is 3.74. The molecule has 3 rings (SSSR count). The Morgan fingerprint density at radius 1 is 1.38 bits per heavy atom. The van der Waals surface area contributed by atoms with Crippen molar-refractivity contribution in [2.75, 3.05) is 20.3 Å². The number of hydrogen-bond acceptors (Lipinski definition) is 4. The van der Waals surface area contributed by atoms with E-state index in [1.165, 1.54) is 0 Å². The number of carbonyl (C=O) groups excluding carboxylic acids is 1. The summed E-state index contributed by atoms with van der Waals surface area (Å²) < 4.78 is 5.26. The second-order valence-corrected chi connectivity index (χ2v) is 6.07. The summed E-state index contributed by atoms with van der Waals surface area (Å²) >= 11 is 0. The number of ether oxygens (including phenoxy) is 1. The number of aromatic nitrogens is 1. The quantitative estimate of drug-likeness (QED) is 0.847. The van der Waals surface area contributed by atoms with Crippen LogP contribution >= 0.6 is 0 Å². The van der Waals surface area contributed by atoms with Gasteiger partial charge in [-0.1, -0.05) is 18.2 Å². The zero-order chi connectivity index (χ0) is 16.9. The molecule has 1 N–H and O–H groups in total. The fourth-order valence-corrected chi connectivity index (χ4v) is 3.04. The Kier molecular flexibility index (Phi) is 5.11. The topological polar surface area (TPSA) is 62.7 Å². The summed E-state index contributed by atoms with van der Waals surface area (Å²) in [4.78, 5) is 18.6. The Bertz CT molecular complexity index is 690. The van der Waals surface area contributed by atoms with Crippen molar-refractivity contribution >= 4 is 5.91 Å². The number of aliphatic hydroxyl groups is 1. The zero-order valence-electron chi connectivity index (χ0n) is 13.8. The van der Waals surface area contributed by atoms with Gasteiger partial charge in [0.05, 0.1) is 13.7 Å². The maximum absolute atomic E-state index is 12.8. The number of hydrogen-bond donors (Lipinski definition) is 1. The minimum Gasteiger partial charge on any atom is -0.497 e. The van der Waals surface area contributed by atoms with Crippen molar-refractivity contribution in [2.24, 2.45) is 5.92 Å². The zero-order valence-corrected chi connectivity index (χ0v) is 13.8. The summed E-state index contributed by atoms with van der Waals surface area (Å²) in [5.74, 6) is 1.14. The van der Waals surface area contributed by atoms with Gasteiger partial charge in [-0.3, -0.25) is 9.78 Å². The molecule has 1 aliphatic rings. The number of pyridine rings is 1. The number of carbonyl (C=O) groups is 1. The standard InChI is InChI=1S/C19H22N2O3/c1-24-16-6-2-5-15(10-16)17-11-18(17)19(23)21(8-9-22)13-14-4-3-7-20-12-14/h2-7,10,12,17-18,22H,8-9,11,13H2,1H3. The molecule has 2 atom stereocenters. The van der Waals surface area contributed by atoms with Crippen LogP contribution in [-0.4, -0.2) is 41.2 Å². The van der Waals surface area contributed by atoms with Crippen LogP contribution in [0, 0.1) is 5.92 Å². The number of rotatable bonds is 7. The second-order valence-electron chi connectivity index (χ2n) is 6.07. The summed E-state index contributed by atoms with van der Waals surface area (Å²) in [5, 5.41) is 9.29. The van der Waals surface area contributed by atoms with E-state index in [9.17, 15) is 9.90 Å². The van der Waals surface area contributed by atoms with E-state index >= 15 is 0 Å². The smallest absolute Gasteiger partial charge is 0.226 e. The van der Waals surface area contributed by atoms with Gasteiger partial charge >= 0.3 is 0 Å². The summed E-state index contributed by atoms with van der Waals surface area (Å²) in [6.45, 7) is 0.784. The largest absolute Gasteiger partial charge is 0.497 e. The van der Waals surface area contributed by atoms with E-state index in [0.29, 0.717) is 13.1 Å². The lowest BCUT2D eigenvalue weighted by molar-refractivity contribution is -0.133. The molecule has 2 unspecified atom stereocenters. The minimum atomic E-state index is -0.0391. The molecule has 0 spiro atoms. The van der Waals surface area contributed by atoms with Gasteiger partial charge in [-0.25, -0.2) is 0 Å². The highest BCUT2D eigenvalue weighted by Crippen LogP contribution is 2.49. The van der Waals surface area contributed by atoms with E-state index in [2.05, 4.69) is 4.98 Å². The van der Waals surface area contributed by atoms with Crippen molar-refractivity contribution in [3.63, 3.8) is 0 Å². The molecule has 2 aromatic rings. The van der Waals surface area contributed by atoms with Crippen LogP contribution in [0.25, 0.3) is 0 Å². The molecular formula is C19H22N2O3. The maximum Gasteiger partial charge on any atom is 0.226 e. The number of aliphatic hydroxyl groups excluding tert-OH is 1. The van der Waals surface area contributed by atoms with E-state index in [0.717, 1.165) is 23.3 Å². The molecule has 1 fully saturated rings. The van der Waals surface area contributed by atoms with E-state index in [4.69, 9.17) is 4.74 Å². The highest BCUT2D eigenvalue weighted by Gasteiger charge is 2.45. The number of benzene rings is 1. The molecule has 5 heteroatoms. The van der Waals surface area contributed by atoms with E-state index in [-0.39, 0.29) is 24.3 Å². The van der Waals surface area contributed by atoms with E-state index in [1.54, 1.807) is 24.4 Å². The average molecular weight is 326 g/mol. The molecule has 5 nitrogen and oxygen atoms in total. The molecule has 1 saturated carbocycles. The van der Waals surface area contributed by atoms with Crippen LogP contribution in [0.1, 0.15) is 23.5 Å². The molecule has 1 heterocycles. The predicted molar refractivity (Wildman–Crippen MR) is 90.6 cm³/mol. The molecule has 0 aliphatic heterocycles. The normalized spacial score (nSPS) is 18.9. The van der Waals surface area contributed by atoms with Gasteiger partial charge in [-0.15, -0.1) is 0 Å². The number of nitrogens with zero attached hydrogens (tertiary/aromatic N) is 2. The van der Waals surface area contributed by atoms with Crippen LogP contribution in [0.3, 0.4) is 0 Å². The third-order valence-corrected chi connectivity index (χ3v) is 4.41. The molecular weight excluding hydrogens is 304 g/mol. The summed E-state index contributed by atoms with van der Waals surface area (Å²) in [7, 11) is 1.64. The molecule has 126 valence electrons. The molecule has 0 saturated heterocycles. The molecule has 0 bridgehead atoms. The Morgan fingerprint density at radius 3 is 2.96 bits per heavy atom. The van der Waals surface area contributed by atoms with Crippen molar-refractivity contribution in [2.45, 2.75) is 18.9 Å². The first-order chi connectivity index (χ1) is 11.7. The lowest BCUT2D eigenvalue weighted by atomic mass is 10.1. The second kappa shape index (κ2) is 7.45. The average Bonchev–Trinajstić information content (AvgIpc) is 3.42. The first-order valence-corrected chi connectivity index (χ1v) is 8.15. The minimum absolute atomic E-state index is 0.0136. The van der Waals surface area contributed by atoms with Crippen LogP contribution in [0.2, 0.25) is 0 Å². The lowest BCUT2D eigenvalue weighted by Gasteiger charge is -2.22. The third-order valence-electron chi connectivity index (χ3n) is 4.41. The molecule has 1 amide bonds. The van der Waals surface area contributed by atoms with Crippen molar-refractivity contribution in [1.82, 2.24) is 9.88 Å². The first kappa shape index (κ1) is 16.5. The van der Waals surface area contributed by atoms with Crippen LogP contribution in [0.5, 0.6) is 5.75 Å². The Balaban J connectivity index is 1.68. The summed E-state index contributed by atoms with van der Waals surface area (Å²) in [6.07, 6.45) is 4.31. The number of methoxy groups -OCH3 is 1. The van der Waals surface area contributed by atoms with E-state index in [1.807, 2.05) is 36.4 Å². The summed E-state index contributed by atoms with van der Waals surface area (Å²) in [5.41, 5.74) is 2.11. The van der Waals surface area contributed by atoms with Crippen LogP contribution in [0.15, 0.2) is 48.8 Å². The predicted octanol–water partition coefficient (Wildman–Crippen LogP) is 2.21. The van der Waals surface area contributed by atoms with Gasteiger partial charge in [-0.2, -0.15) is 0 Å². The Labute approximate surface area is 141 Å². The lowest BCUT2D eigenvalue weighted by Crippen LogP contribution is -2.34. The number of amides is 1. The molecule has 0 radical (unpaired) electrons. The molecule has 1 aromatic heterocycles. The highest BCUT2D eigenvalue weighted by molar-refractivity contribution is 5.83. The monoisotopic (exact) mass is 326 g/mol. The Hall–Kier alpha value is -2.40. The van der Waals surface area contributed by atoms with Gasteiger partial charge in [0.25, 0.3) is 0 Å². The van der Waals surface area contributed by atoms with Crippen LogP contribution < -0.4 is 4.74 Å². The Morgan fingerprint density at radius 2 is 2.25 bits per heavy atom.